The standard InChI is InChI=1S/C15H29N3O6/c1-4-7-18(8-5-16-3)9-6-17-13(20)10-23-14(21)11-24-15(22)12(2)19/h12,16,19H,4-11H2,1-3H3,(H,17,20). The van der Waals surface area contributed by atoms with E-state index in [1.807, 2.05) is 7.05 Å². The van der Waals surface area contributed by atoms with Gasteiger partial charge in [0.05, 0.1) is 0 Å². The van der Waals surface area contributed by atoms with Crippen LogP contribution in [0.15, 0.2) is 0 Å². The van der Waals surface area contributed by atoms with Crippen molar-refractivity contribution >= 4 is 17.8 Å². The molecule has 0 rings (SSSR count). The number of amides is 1. The van der Waals surface area contributed by atoms with E-state index in [9.17, 15) is 14.4 Å². The van der Waals surface area contributed by atoms with Crippen molar-refractivity contribution in [1.82, 2.24) is 15.5 Å². The van der Waals surface area contributed by atoms with E-state index in [1.54, 1.807) is 0 Å². The van der Waals surface area contributed by atoms with Crippen molar-refractivity contribution in [2.45, 2.75) is 26.4 Å². The number of rotatable bonds is 13. The van der Waals surface area contributed by atoms with Crippen LogP contribution in [0.5, 0.6) is 0 Å². The SMILES string of the molecule is CCCN(CCNC)CCNC(=O)COC(=O)COC(=O)C(C)O. The largest absolute Gasteiger partial charge is 0.453 e. The van der Waals surface area contributed by atoms with Crippen molar-refractivity contribution in [3.8, 4) is 0 Å². The molecule has 0 heterocycles. The molecular formula is C15H29N3O6. The Kier molecular flexibility index (Phi) is 12.7. The number of carbonyl (C=O) groups is 3. The van der Waals surface area contributed by atoms with E-state index in [2.05, 4.69) is 31.9 Å². The third kappa shape index (κ3) is 11.8. The molecule has 140 valence electrons. The smallest absolute Gasteiger partial charge is 0.344 e. The minimum atomic E-state index is -1.31. The highest BCUT2D eigenvalue weighted by Crippen LogP contribution is 1.90. The molecule has 3 N–H and O–H groups in total. The summed E-state index contributed by atoms with van der Waals surface area (Å²) < 4.78 is 9.14. The predicted molar refractivity (Wildman–Crippen MR) is 87.3 cm³/mol. The lowest BCUT2D eigenvalue weighted by atomic mass is 10.4. The number of carbonyl (C=O) groups excluding carboxylic acids is 3. The quantitative estimate of drug-likeness (QED) is 0.345. The Morgan fingerprint density at radius 2 is 1.75 bits per heavy atom. The number of hydrogen-bond donors (Lipinski definition) is 3. The molecular weight excluding hydrogens is 318 g/mol. The highest BCUT2D eigenvalue weighted by molar-refractivity contribution is 5.82. The van der Waals surface area contributed by atoms with E-state index >= 15 is 0 Å². The van der Waals surface area contributed by atoms with Crippen LogP contribution in [-0.2, 0) is 23.9 Å². The number of likely N-dealkylation sites (N-methyl/N-ethyl adjacent to an activating group) is 1. The molecule has 24 heavy (non-hydrogen) atoms. The lowest BCUT2D eigenvalue weighted by molar-refractivity contribution is -0.164. The van der Waals surface area contributed by atoms with Gasteiger partial charge in [0.25, 0.3) is 5.91 Å². The Balaban J connectivity index is 3.84. The first kappa shape index (κ1) is 22.3. The Hall–Kier alpha value is -1.71. The van der Waals surface area contributed by atoms with Crippen LogP contribution in [0.4, 0.5) is 0 Å². The Labute approximate surface area is 142 Å². The van der Waals surface area contributed by atoms with Gasteiger partial charge in [-0.25, -0.2) is 9.59 Å². The third-order valence-electron chi connectivity index (χ3n) is 3.01. The number of esters is 2. The molecule has 1 amide bonds. The Morgan fingerprint density at radius 3 is 2.33 bits per heavy atom. The number of hydrogen-bond acceptors (Lipinski definition) is 8. The molecule has 0 aliphatic carbocycles. The number of nitrogens with zero attached hydrogens (tertiary/aromatic N) is 1. The lowest BCUT2D eigenvalue weighted by Crippen LogP contribution is -2.39. The molecule has 0 saturated heterocycles. The summed E-state index contributed by atoms with van der Waals surface area (Å²) in [5, 5.41) is 14.6. The predicted octanol–water partition coefficient (Wildman–Crippen LogP) is -1.50. The fraction of sp³-hybridized carbons (Fsp3) is 0.800. The number of aliphatic hydroxyl groups excluding tert-OH is 1. The molecule has 0 aliphatic heterocycles. The number of nitrogens with one attached hydrogen (secondary N) is 2. The van der Waals surface area contributed by atoms with Gasteiger partial charge in [0, 0.05) is 26.2 Å². The summed E-state index contributed by atoms with van der Waals surface area (Å²) in [6.07, 6.45) is -0.282. The van der Waals surface area contributed by atoms with Gasteiger partial charge in [-0.2, -0.15) is 0 Å². The topological polar surface area (TPSA) is 117 Å². The van der Waals surface area contributed by atoms with E-state index in [0.29, 0.717) is 13.1 Å². The molecule has 9 heteroatoms. The second kappa shape index (κ2) is 13.7. The van der Waals surface area contributed by atoms with Crippen LogP contribution in [0.2, 0.25) is 0 Å². The fourth-order valence-corrected chi connectivity index (χ4v) is 1.76. The zero-order valence-electron chi connectivity index (χ0n) is 14.7. The van der Waals surface area contributed by atoms with Gasteiger partial charge in [-0.1, -0.05) is 6.92 Å². The summed E-state index contributed by atoms with van der Waals surface area (Å²) in [5.41, 5.74) is 0. The Bertz CT molecular complexity index is 389. The summed E-state index contributed by atoms with van der Waals surface area (Å²) in [6, 6.07) is 0. The Morgan fingerprint density at radius 1 is 1.08 bits per heavy atom. The molecule has 0 saturated carbocycles. The van der Waals surface area contributed by atoms with Crippen LogP contribution in [-0.4, -0.2) is 86.9 Å². The summed E-state index contributed by atoms with van der Waals surface area (Å²) >= 11 is 0. The summed E-state index contributed by atoms with van der Waals surface area (Å²) in [4.78, 5) is 36.0. The van der Waals surface area contributed by atoms with Gasteiger partial charge in [0.2, 0.25) is 0 Å². The molecule has 0 spiro atoms. The number of aliphatic hydroxyl groups is 1. The molecule has 0 fully saturated rings. The first-order chi connectivity index (χ1) is 11.4. The molecule has 0 bridgehead atoms. The van der Waals surface area contributed by atoms with E-state index in [-0.39, 0.29) is 0 Å². The fourth-order valence-electron chi connectivity index (χ4n) is 1.76. The maximum Gasteiger partial charge on any atom is 0.344 e. The van der Waals surface area contributed by atoms with Gasteiger partial charge < -0.3 is 30.1 Å². The van der Waals surface area contributed by atoms with E-state index in [1.165, 1.54) is 6.92 Å². The van der Waals surface area contributed by atoms with Crippen molar-refractivity contribution in [2.24, 2.45) is 0 Å². The minimum Gasteiger partial charge on any atom is -0.453 e. The highest BCUT2D eigenvalue weighted by atomic mass is 16.6. The van der Waals surface area contributed by atoms with Crippen molar-refractivity contribution in [3.63, 3.8) is 0 Å². The molecule has 0 aromatic rings. The van der Waals surface area contributed by atoms with Gasteiger partial charge in [-0.15, -0.1) is 0 Å². The van der Waals surface area contributed by atoms with Gasteiger partial charge in [0.1, 0.15) is 6.10 Å². The van der Waals surface area contributed by atoms with Crippen LogP contribution in [0.3, 0.4) is 0 Å². The van der Waals surface area contributed by atoms with Gasteiger partial charge in [-0.05, 0) is 26.9 Å². The van der Waals surface area contributed by atoms with Crippen molar-refractivity contribution in [3.05, 3.63) is 0 Å². The second-order valence-electron chi connectivity index (χ2n) is 5.24. The van der Waals surface area contributed by atoms with Gasteiger partial charge in [-0.3, -0.25) is 4.79 Å². The van der Waals surface area contributed by atoms with Crippen LogP contribution < -0.4 is 10.6 Å². The molecule has 1 atom stereocenters. The first-order valence-corrected chi connectivity index (χ1v) is 8.04. The van der Waals surface area contributed by atoms with E-state index < -0.39 is 37.2 Å². The first-order valence-electron chi connectivity index (χ1n) is 8.04. The molecule has 0 aromatic carbocycles. The van der Waals surface area contributed by atoms with E-state index in [0.717, 1.165) is 26.1 Å². The lowest BCUT2D eigenvalue weighted by Gasteiger charge is -2.21. The molecule has 9 nitrogen and oxygen atoms in total. The van der Waals surface area contributed by atoms with Crippen LogP contribution in [0.25, 0.3) is 0 Å². The summed E-state index contributed by atoms with van der Waals surface area (Å²) in [5.74, 6) is -2.19. The van der Waals surface area contributed by atoms with E-state index in [4.69, 9.17) is 5.11 Å². The monoisotopic (exact) mass is 347 g/mol. The third-order valence-corrected chi connectivity index (χ3v) is 3.01. The van der Waals surface area contributed by atoms with Crippen molar-refractivity contribution < 1.29 is 29.0 Å². The molecule has 0 aliphatic rings. The normalized spacial score (nSPS) is 11.9. The summed E-state index contributed by atoms with van der Waals surface area (Å²) in [7, 11) is 1.89. The van der Waals surface area contributed by atoms with Gasteiger partial charge in [0.15, 0.2) is 13.2 Å². The second-order valence-corrected chi connectivity index (χ2v) is 5.24. The highest BCUT2D eigenvalue weighted by Gasteiger charge is 2.14. The molecule has 0 radical (unpaired) electrons. The number of ether oxygens (including phenoxy) is 2. The maximum absolute atomic E-state index is 11.6. The molecule has 1 unspecified atom stereocenters. The average molecular weight is 347 g/mol. The van der Waals surface area contributed by atoms with Crippen LogP contribution in [0, 0.1) is 0 Å². The maximum atomic E-state index is 11.6. The van der Waals surface area contributed by atoms with Crippen molar-refractivity contribution in [2.75, 3.05) is 53.0 Å². The average Bonchev–Trinajstić information content (AvgIpc) is 2.55. The van der Waals surface area contributed by atoms with Gasteiger partial charge >= 0.3 is 11.9 Å². The van der Waals surface area contributed by atoms with Crippen molar-refractivity contribution in [1.29, 1.82) is 0 Å². The zero-order valence-corrected chi connectivity index (χ0v) is 14.7. The molecule has 0 aromatic heterocycles. The van der Waals surface area contributed by atoms with Crippen LogP contribution in [0.1, 0.15) is 20.3 Å². The van der Waals surface area contributed by atoms with Crippen LogP contribution >= 0.6 is 0 Å². The summed E-state index contributed by atoms with van der Waals surface area (Å²) in [6.45, 7) is 6.12. The minimum absolute atomic E-state index is 0.421. The zero-order chi connectivity index (χ0) is 18.4.